The van der Waals surface area contributed by atoms with Crippen LogP contribution in [0, 0.1) is 24.6 Å². The van der Waals surface area contributed by atoms with E-state index in [4.69, 9.17) is 0 Å². The van der Waals surface area contributed by atoms with Crippen molar-refractivity contribution in [3.05, 3.63) is 41.5 Å². The van der Waals surface area contributed by atoms with Crippen LogP contribution in [0.5, 0.6) is 0 Å². The molecule has 1 amide bonds. The molecule has 0 unspecified atom stereocenters. The van der Waals surface area contributed by atoms with E-state index >= 15 is 4.39 Å². The molecule has 2 heterocycles. The van der Waals surface area contributed by atoms with E-state index in [-0.39, 0.29) is 35.3 Å². The second kappa shape index (κ2) is 10.3. The molecule has 1 N–H and O–H groups in total. The molecule has 1 aliphatic carbocycles. The number of carbonyl (C=O) groups excluding carboxylic acids is 2. The summed E-state index contributed by atoms with van der Waals surface area (Å²) in [6, 6.07) is 5.30. The maximum atomic E-state index is 15.0. The van der Waals surface area contributed by atoms with E-state index in [1.54, 1.807) is 10.9 Å². The second-order valence-corrected chi connectivity index (χ2v) is 10.2. The number of nitrogens with one attached hydrogen (secondary N) is 1. The van der Waals surface area contributed by atoms with Gasteiger partial charge in [0.15, 0.2) is 5.82 Å². The number of halogens is 1. The van der Waals surface area contributed by atoms with E-state index in [1.807, 2.05) is 33.0 Å². The summed E-state index contributed by atoms with van der Waals surface area (Å²) in [5.74, 6) is 0.645. The highest BCUT2D eigenvalue weighted by Crippen LogP contribution is 2.35. The summed E-state index contributed by atoms with van der Waals surface area (Å²) in [4.78, 5) is 29.3. The monoisotopic (exact) mass is 478 g/mol. The molecule has 2 atom stereocenters. The summed E-state index contributed by atoms with van der Waals surface area (Å²) in [7, 11) is 1.84. The number of ketones is 1. The molecule has 0 bridgehead atoms. The number of rotatable bonds is 7. The molecule has 0 aliphatic heterocycles. The van der Waals surface area contributed by atoms with Gasteiger partial charge in [-0.15, -0.1) is 0 Å². The van der Waals surface area contributed by atoms with Gasteiger partial charge in [-0.3, -0.25) is 14.3 Å². The third-order valence-electron chi connectivity index (χ3n) is 7.21. The molecule has 6 nitrogen and oxygen atoms in total. The average molecular weight is 479 g/mol. The number of nitrogens with zero attached hydrogens (tertiary/aromatic N) is 3. The van der Waals surface area contributed by atoms with Crippen LogP contribution in [0.15, 0.2) is 24.4 Å². The lowest BCUT2D eigenvalue weighted by molar-refractivity contribution is -0.123. The topological polar surface area (TPSA) is 76.9 Å². The quantitative estimate of drug-likeness (QED) is 0.431. The van der Waals surface area contributed by atoms with Crippen LogP contribution in [0.3, 0.4) is 0 Å². The Morgan fingerprint density at radius 1 is 1.23 bits per heavy atom. The van der Waals surface area contributed by atoms with Crippen molar-refractivity contribution < 1.29 is 14.0 Å². The van der Waals surface area contributed by atoms with Gasteiger partial charge in [-0.05, 0) is 72.9 Å². The molecule has 35 heavy (non-hydrogen) atoms. The minimum Gasteiger partial charge on any atom is -0.310 e. The molecule has 7 heteroatoms. The van der Waals surface area contributed by atoms with E-state index in [1.165, 1.54) is 6.07 Å². The van der Waals surface area contributed by atoms with Crippen LogP contribution in [-0.4, -0.2) is 26.5 Å². The molecule has 3 aromatic rings. The lowest BCUT2D eigenvalue weighted by Gasteiger charge is -2.28. The predicted octanol–water partition coefficient (Wildman–Crippen LogP) is 6.32. The second-order valence-electron chi connectivity index (χ2n) is 10.2. The zero-order valence-electron chi connectivity index (χ0n) is 21.3. The first-order chi connectivity index (χ1) is 16.7. The zero-order chi connectivity index (χ0) is 25.3. The van der Waals surface area contributed by atoms with Gasteiger partial charge in [0.2, 0.25) is 5.91 Å². The van der Waals surface area contributed by atoms with E-state index in [2.05, 4.69) is 29.2 Å². The minimum atomic E-state index is -0.364. The third kappa shape index (κ3) is 5.29. The first kappa shape index (κ1) is 25.0. The highest BCUT2D eigenvalue weighted by molar-refractivity contribution is 5.93. The molecule has 2 aromatic heterocycles. The Balaban J connectivity index is 1.59. The fourth-order valence-electron chi connectivity index (χ4n) is 5.43. The van der Waals surface area contributed by atoms with Crippen molar-refractivity contribution in [2.24, 2.45) is 18.9 Å². The van der Waals surface area contributed by atoms with Crippen LogP contribution in [0.2, 0.25) is 0 Å². The lowest BCUT2D eigenvalue weighted by atomic mass is 9.78. The molecule has 0 radical (unpaired) electrons. The van der Waals surface area contributed by atoms with Gasteiger partial charge in [0, 0.05) is 43.1 Å². The predicted molar refractivity (Wildman–Crippen MR) is 137 cm³/mol. The van der Waals surface area contributed by atoms with E-state index in [9.17, 15) is 9.59 Å². The van der Waals surface area contributed by atoms with Gasteiger partial charge in [-0.25, -0.2) is 9.37 Å². The average Bonchev–Trinajstić information content (AvgIpc) is 3.17. The smallest absolute Gasteiger partial charge is 0.228 e. The highest BCUT2D eigenvalue weighted by Gasteiger charge is 2.28. The van der Waals surface area contributed by atoms with Crippen molar-refractivity contribution in [2.45, 2.75) is 72.1 Å². The van der Waals surface area contributed by atoms with E-state index < -0.39 is 0 Å². The number of Topliss-reactive ketones (excluding diaryl/α,β-unsaturated/α-hetero) is 1. The van der Waals surface area contributed by atoms with Crippen LogP contribution >= 0.6 is 0 Å². The number of amides is 1. The Kier molecular flexibility index (Phi) is 7.33. The van der Waals surface area contributed by atoms with Crippen molar-refractivity contribution in [3.8, 4) is 11.1 Å². The van der Waals surface area contributed by atoms with Crippen molar-refractivity contribution in [3.63, 3.8) is 0 Å². The minimum absolute atomic E-state index is 0.0584. The first-order valence-electron chi connectivity index (χ1n) is 12.6. The number of fused-ring (bicyclic) bond motifs is 1. The Labute approximate surface area is 206 Å². The molecule has 1 aliphatic rings. The maximum Gasteiger partial charge on any atom is 0.228 e. The normalized spacial score (nSPS) is 18.3. The molecule has 1 fully saturated rings. The van der Waals surface area contributed by atoms with Gasteiger partial charge >= 0.3 is 0 Å². The number of benzene rings is 1. The Morgan fingerprint density at radius 2 is 2.00 bits per heavy atom. The van der Waals surface area contributed by atoms with Gasteiger partial charge < -0.3 is 5.32 Å². The number of aryl methyl sites for hydroxylation is 2. The van der Waals surface area contributed by atoms with Crippen molar-refractivity contribution in [1.29, 1.82) is 0 Å². The number of hydrogen-bond donors (Lipinski definition) is 1. The maximum absolute atomic E-state index is 15.0. The molecule has 0 saturated heterocycles. The molecule has 4 rings (SSSR count). The van der Waals surface area contributed by atoms with Gasteiger partial charge in [-0.2, -0.15) is 5.10 Å². The van der Waals surface area contributed by atoms with Crippen LogP contribution < -0.4 is 5.32 Å². The number of aromatic nitrogens is 3. The highest BCUT2D eigenvalue weighted by atomic mass is 19.1. The summed E-state index contributed by atoms with van der Waals surface area (Å²) < 4.78 is 16.8. The molecular weight excluding hydrogens is 443 g/mol. The SMILES string of the molecule is CCC(=O)C[C@@H]1CCC[C@H](C(=O)Nc2cc(-c3cc(F)c4nn(C)c(C(C)C)c4c3)c(C)cn2)C1. The summed E-state index contributed by atoms with van der Waals surface area (Å²) in [5.41, 5.74) is 3.80. The lowest BCUT2D eigenvalue weighted by Crippen LogP contribution is -2.29. The van der Waals surface area contributed by atoms with E-state index in [0.717, 1.165) is 53.5 Å². The van der Waals surface area contributed by atoms with Gasteiger partial charge in [0.05, 0.1) is 0 Å². The van der Waals surface area contributed by atoms with Gasteiger partial charge in [0.1, 0.15) is 17.1 Å². The summed E-state index contributed by atoms with van der Waals surface area (Å²) in [6.07, 6.45) is 6.34. The fourth-order valence-corrected chi connectivity index (χ4v) is 5.43. The fraction of sp³-hybridized carbons (Fsp3) is 0.500. The van der Waals surface area contributed by atoms with Crippen LogP contribution in [0.25, 0.3) is 22.0 Å². The van der Waals surface area contributed by atoms with Gasteiger partial charge in [0.25, 0.3) is 0 Å². The third-order valence-corrected chi connectivity index (χ3v) is 7.21. The molecule has 1 saturated carbocycles. The zero-order valence-corrected chi connectivity index (χ0v) is 21.3. The molecule has 0 spiro atoms. The van der Waals surface area contributed by atoms with Crippen molar-refractivity contribution in [2.75, 3.05) is 5.32 Å². The largest absolute Gasteiger partial charge is 0.310 e. The van der Waals surface area contributed by atoms with Crippen LogP contribution in [0.1, 0.15) is 76.5 Å². The van der Waals surface area contributed by atoms with Crippen molar-refractivity contribution >= 4 is 28.4 Å². The van der Waals surface area contributed by atoms with Gasteiger partial charge in [-0.1, -0.05) is 27.2 Å². The van der Waals surface area contributed by atoms with Crippen molar-refractivity contribution in [1.82, 2.24) is 14.8 Å². The Bertz CT molecular complexity index is 1260. The summed E-state index contributed by atoms with van der Waals surface area (Å²) >= 11 is 0. The summed E-state index contributed by atoms with van der Waals surface area (Å²) in [5, 5.41) is 8.16. The number of hydrogen-bond acceptors (Lipinski definition) is 4. The molecule has 1 aromatic carbocycles. The van der Waals surface area contributed by atoms with Crippen LogP contribution in [-0.2, 0) is 16.6 Å². The van der Waals surface area contributed by atoms with E-state index in [0.29, 0.717) is 24.2 Å². The number of pyridine rings is 1. The number of anilines is 1. The first-order valence-corrected chi connectivity index (χ1v) is 12.6. The Hall–Kier alpha value is -3.09. The number of carbonyl (C=O) groups is 2. The standard InChI is InChI=1S/C28H35FN4O2/c1-6-21(34)11-18-8-7-9-19(10-18)28(35)31-25-14-22(17(4)15-30-25)20-12-23-26(24(29)13-20)32-33(5)27(23)16(2)3/h12-16,18-19H,6-11H2,1-5H3,(H,30,31,35)/t18-,19+/m1/s1. The van der Waals surface area contributed by atoms with Crippen LogP contribution in [0.4, 0.5) is 10.2 Å². The summed E-state index contributed by atoms with van der Waals surface area (Å²) in [6.45, 7) is 7.96. The molecular formula is C28H35FN4O2. The Morgan fingerprint density at radius 3 is 2.71 bits per heavy atom. The molecule has 186 valence electrons.